The molecule has 20 heavy (non-hydrogen) atoms. The molecule has 0 unspecified atom stereocenters. The van der Waals surface area contributed by atoms with Gasteiger partial charge in [-0.15, -0.1) is 11.8 Å². The summed E-state index contributed by atoms with van der Waals surface area (Å²) in [4.78, 5) is 0.689. The van der Waals surface area contributed by atoms with Crippen molar-refractivity contribution in [2.24, 2.45) is 0 Å². The summed E-state index contributed by atoms with van der Waals surface area (Å²) < 4.78 is 37.5. The molecule has 0 aliphatic heterocycles. The average Bonchev–Trinajstić information content (AvgIpc) is 2.40. The second-order valence-electron chi connectivity index (χ2n) is 4.33. The van der Waals surface area contributed by atoms with Crippen LogP contribution in [0, 0.1) is 0 Å². The molecule has 106 valence electrons. The van der Waals surface area contributed by atoms with Gasteiger partial charge in [-0.3, -0.25) is 0 Å². The molecule has 0 bridgehead atoms. The molecule has 0 atom stereocenters. The van der Waals surface area contributed by atoms with Gasteiger partial charge in [-0.1, -0.05) is 30.3 Å². The highest BCUT2D eigenvalue weighted by atomic mass is 32.2. The Balaban J connectivity index is 1.97. The Bertz CT molecular complexity index is 567. The average molecular weight is 297 g/mol. The van der Waals surface area contributed by atoms with Crippen LogP contribution >= 0.6 is 11.8 Å². The number of halogens is 3. The first-order chi connectivity index (χ1) is 9.47. The Morgan fingerprint density at radius 2 is 1.70 bits per heavy atom. The fourth-order valence-corrected chi connectivity index (χ4v) is 2.73. The number of alkyl halides is 3. The van der Waals surface area contributed by atoms with Gasteiger partial charge in [0.25, 0.3) is 0 Å². The van der Waals surface area contributed by atoms with Gasteiger partial charge in [0, 0.05) is 16.3 Å². The van der Waals surface area contributed by atoms with Gasteiger partial charge in [0.1, 0.15) is 0 Å². The summed E-state index contributed by atoms with van der Waals surface area (Å²) in [6.45, 7) is 0. The molecule has 2 rings (SSSR count). The maximum absolute atomic E-state index is 12.5. The van der Waals surface area contributed by atoms with Crippen LogP contribution in [0.15, 0.2) is 53.4 Å². The van der Waals surface area contributed by atoms with E-state index in [1.54, 1.807) is 0 Å². The number of nitrogens with two attached hydrogens (primary N) is 1. The first-order valence-electron chi connectivity index (χ1n) is 6.10. The second-order valence-corrected chi connectivity index (χ2v) is 5.47. The van der Waals surface area contributed by atoms with Crippen molar-refractivity contribution in [3.05, 3.63) is 59.7 Å². The zero-order valence-corrected chi connectivity index (χ0v) is 11.5. The third-order valence-electron chi connectivity index (χ3n) is 2.83. The highest BCUT2D eigenvalue weighted by Gasteiger charge is 2.30. The minimum atomic E-state index is -4.35. The van der Waals surface area contributed by atoms with Crippen LogP contribution in [0.25, 0.3) is 0 Å². The zero-order valence-electron chi connectivity index (χ0n) is 10.7. The van der Waals surface area contributed by atoms with Crippen LogP contribution in [0.2, 0.25) is 0 Å². The highest BCUT2D eigenvalue weighted by Crippen LogP contribution is 2.34. The second kappa shape index (κ2) is 6.22. The largest absolute Gasteiger partial charge is 0.416 e. The molecule has 0 heterocycles. The molecule has 2 aromatic rings. The van der Waals surface area contributed by atoms with E-state index in [-0.39, 0.29) is 5.69 Å². The summed E-state index contributed by atoms with van der Waals surface area (Å²) in [7, 11) is 0. The van der Waals surface area contributed by atoms with Crippen molar-refractivity contribution in [1.29, 1.82) is 0 Å². The van der Waals surface area contributed by atoms with Crippen molar-refractivity contribution < 1.29 is 13.2 Å². The van der Waals surface area contributed by atoms with E-state index in [1.807, 2.05) is 30.3 Å². The minimum absolute atomic E-state index is 0.179. The van der Waals surface area contributed by atoms with Gasteiger partial charge >= 0.3 is 6.18 Å². The monoisotopic (exact) mass is 297 g/mol. The van der Waals surface area contributed by atoms with Crippen molar-refractivity contribution in [3.8, 4) is 0 Å². The zero-order chi connectivity index (χ0) is 14.6. The van der Waals surface area contributed by atoms with Crippen molar-refractivity contribution in [2.45, 2.75) is 17.5 Å². The smallest absolute Gasteiger partial charge is 0.398 e. The van der Waals surface area contributed by atoms with Crippen LogP contribution in [-0.2, 0) is 12.6 Å². The Morgan fingerprint density at radius 1 is 1.00 bits per heavy atom. The fraction of sp³-hybridized carbons (Fsp3) is 0.200. The molecule has 0 amide bonds. The molecule has 0 saturated carbocycles. The number of anilines is 1. The summed E-state index contributed by atoms with van der Waals surface area (Å²) in [5, 5.41) is 0. The van der Waals surface area contributed by atoms with Gasteiger partial charge in [0.2, 0.25) is 0 Å². The van der Waals surface area contributed by atoms with Crippen LogP contribution in [0.3, 0.4) is 0 Å². The molecule has 0 aliphatic rings. The first kappa shape index (κ1) is 14.8. The number of hydrogen-bond acceptors (Lipinski definition) is 2. The van der Waals surface area contributed by atoms with Crippen molar-refractivity contribution in [2.75, 3.05) is 11.5 Å². The number of nitrogen functional groups attached to an aromatic ring is 1. The lowest BCUT2D eigenvalue weighted by Gasteiger charge is -2.10. The van der Waals surface area contributed by atoms with Gasteiger partial charge in [-0.2, -0.15) is 13.2 Å². The Kier molecular flexibility index (Phi) is 4.60. The van der Waals surface area contributed by atoms with E-state index in [0.717, 1.165) is 24.3 Å². The molecule has 1 nitrogen and oxygen atoms in total. The van der Waals surface area contributed by atoms with Crippen LogP contribution in [0.1, 0.15) is 11.1 Å². The SMILES string of the molecule is Nc1cc(C(F)(F)F)ccc1SCCc1ccccc1. The van der Waals surface area contributed by atoms with E-state index in [2.05, 4.69) is 0 Å². The fourth-order valence-electron chi connectivity index (χ4n) is 1.78. The number of benzene rings is 2. The summed E-state index contributed by atoms with van der Waals surface area (Å²) in [6, 6.07) is 13.4. The maximum atomic E-state index is 12.5. The van der Waals surface area contributed by atoms with E-state index >= 15 is 0 Å². The number of rotatable bonds is 4. The molecule has 2 aromatic carbocycles. The molecular weight excluding hydrogens is 283 g/mol. The predicted molar refractivity (Wildman–Crippen MR) is 76.7 cm³/mol. The van der Waals surface area contributed by atoms with Crippen LogP contribution in [-0.4, -0.2) is 5.75 Å². The molecule has 0 aliphatic carbocycles. The Labute approximate surface area is 120 Å². The van der Waals surface area contributed by atoms with Gasteiger partial charge in [-0.25, -0.2) is 0 Å². The molecule has 0 fully saturated rings. The first-order valence-corrected chi connectivity index (χ1v) is 7.09. The third-order valence-corrected chi connectivity index (χ3v) is 3.92. The lowest BCUT2D eigenvalue weighted by molar-refractivity contribution is -0.137. The molecule has 5 heteroatoms. The van der Waals surface area contributed by atoms with Crippen LogP contribution in [0.5, 0.6) is 0 Å². The van der Waals surface area contributed by atoms with E-state index in [1.165, 1.54) is 23.4 Å². The molecule has 0 aromatic heterocycles. The summed E-state index contributed by atoms with van der Waals surface area (Å²) in [6.07, 6.45) is -3.49. The number of thioether (sulfide) groups is 1. The van der Waals surface area contributed by atoms with Gasteiger partial charge < -0.3 is 5.73 Å². The highest BCUT2D eigenvalue weighted by molar-refractivity contribution is 7.99. The lowest BCUT2D eigenvalue weighted by Crippen LogP contribution is -2.05. The molecule has 0 radical (unpaired) electrons. The molecule has 0 spiro atoms. The van der Waals surface area contributed by atoms with Gasteiger partial charge in [-0.05, 0) is 30.2 Å². The molecular formula is C15H14F3NS. The van der Waals surface area contributed by atoms with E-state index in [0.29, 0.717) is 4.90 Å². The minimum Gasteiger partial charge on any atom is -0.398 e. The van der Waals surface area contributed by atoms with Gasteiger partial charge in [0.05, 0.1) is 5.56 Å². The normalized spacial score (nSPS) is 11.6. The standard InChI is InChI=1S/C15H14F3NS/c16-15(17,18)12-6-7-14(13(19)10-12)20-9-8-11-4-2-1-3-5-11/h1-7,10H,8-9,19H2. The quantitative estimate of drug-likeness (QED) is 0.658. The lowest BCUT2D eigenvalue weighted by atomic mass is 10.2. The topological polar surface area (TPSA) is 26.0 Å². The van der Waals surface area contributed by atoms with E-state index < -0.39 is 11.7 Å². The van der Waals surface area contributed by atoms with Gasteiger partial charge in [0.15, 0.2) is 0 Å². The summed E-state index contributed by atoms with van der Waals surface area (Å²) in [5.74, 6) is 0.777. The van der Waals surface area contributed by atoms with Crippen molar-refractivity contribution in [3.63, 3.8) is 0 Å². The van der Waals surface area contributed by atoms with Crippen molar-refractivity contribution >= 4 is 17.4 Å². The maximum Gasteiger partial charge on any atom is 0.416 e. The number of hydrogen-bond donors (Lipinski definition) is 1. The Morgan fingerprint density at radius 3 is 2.30 bits per heavy atom. The number of aryl methyl sites for hydroxylation is 1. The summed E-state index contributed by atoms with van der Waals surface area (Å²) in [5.41, 5.74) is 6.35. The van der Waals surface area contributed by atoms with E-state index in [9.17, 15) is 13.2 Å². The third kappa shape index (κ3) is 3.93. The Hall–Kier alpha value is -1.62. The van der Waals surface area contributed by atoms with Crippen molar-refractivity contribution in [1.82, 2.24) is 0 Å². The predicted octanol–water partition coefficient (Wildman–Crippen LogP) is 4.62. The molecule has 0 saturated heterocycles. The summed E-state index contributed by atoms with van der Waals surface area (Å²) >= 11 is 1.47. The van der Waals surface area contributed by atoms with E-state index in [4.69, 9.17) is 5.73 Å². The molecule has 2 N–H and O–H groups in total. The van der Waals surface area contributed by atoms with Crippen LogP contribution in [0.4, 0.5) is 18.9 Å². The van der Waals surface area contributed by atoms with Crippen LogP contribution < -0.4 is 5.73 Å².